The van der Waals surface area contributed by atoms with E-state index in [0.29, 0.717) is 12.3 Å². The van der Waals surface area contributed by atoms with Gasteiger partial charge in [-0.1, -0.05) is 6.07 Å². The normalized spacial score (nSPS) is 16.4. The van der Waals surface area contributed by atoms with Crippen LogP contribution in [0.25, 0.3) is 11.0 Å². The Morgan fingerprint density at radius 2 is 2.07 bits per heavy atom. The Morgan fingerprint density at radius 3 is 2.96 bits per heavy atom. The lowest BCUT2D eigenvalue weighted by Crippen LogP contribution is -2.37. The van der Waals surface area contributed by atoms with Gasteiger partial charge >= 0.3 is 0 Å². The smallest absolute Gasteiger partial charge is 0.260 e. The Balaban J connectivity index is 1.75. The molecule has 8 nitrogen and oxygen atoms in total. The first-order valence-electron chi connectivity index (χ1n) is 8.83. The number of nitrogens with zero attached hydrogens (tertiary/aromatic N) is 4. The summed E-state index contributed by atoms with van der Waals surface area (Å²) in [7, 11) is 3.83. The minimum Gasteiger partial charge on any atom is -0.484 e. The number of benzene rings is 1. The molecule has 140 valence electrons. The highest BCUT2D eigenvalue weighted by Crippen LogP contribution is 2.28. The number of nitrogens with one attached hydrogen (secondary N) is 2. The van der Waals surface area contributed by atoms with E-state index in [4.69, 9.17) is 4.74 Å². The Kier molecular flexibility index (Phi) is 4.64. The molecule has 8 heteroatoms. The van der Waals surface area contributed by atoms with E-state index in [9.17, 15) is 4.79 Å². The molecule has 27 heavy (non-hydrogen) atoms. The minimum atomic E-state index is -0.0465. The second-order valence-corrected chi connectivity index (χ2v) is 6.75. The topological polar surface area (TPSA) is 86.4 Å². The van der Waals surface area contributed by atoms with Crippen molar-refractivity contribution < 1.29 is 9.53 Å². The molecular formula is C19H22N6O2. The van der Waals surface area contributed by atoms with Crippen molar-refractivity contribution in [3.63, 3.8) is 0 Å². The number of anilines is 2. The van der Waals surface area contributed by atoms with E-state index in [1.165, 1.54) is 6.33 Å². The number of ether oxygens (including phenoxy) is 1. The minimum absolute atomic E-state index is 0.0155. The summed E-state index contributed by atoms with van der Waals surface area (Å²) in [5.74, 6) is 1.33. The van der Waals surface area contributed by atoms with Gasteiger partial charge in [-0.25, -0.2) is 9.97 Å². The quantitative estimate of drug-likeness (QED) is 0.633. The fraction of sp³-hybridized carbons (Fsp3) is 0.316. The standard InChI is InChI=1S/C19H22N6O2/c1-24-6-7-25(2)16(26)11-27-15-5-3-4-14(8-15)23-19-17-13(10-24)9-20-18(17)21-12-22-19/h3-5,8-9,12H,6-7,10-11H2,1-2H3,(H2,20,21,22,23). The molecule has 3 aromatic rings. The first kappa shape index (κ1) is 17.3. The van der Waals surface area contributed by atoms with E-state index in [0.717, 1.165) is 41.2 Å². The number of fused-ring (bicyclic) bond motifs is 2. The molecule has 1 aliphatic rings. The van der Waals surface area contributed by atoms with E-state index < -0.39 is 0 Å². The van der Waals surface area contributed by atoms with E-state index in [1.807, 2.05) is 37.5 Å². The molecule has 0 saturated carbocycles. The van der Waals surface area contributed by atoms with Crippen LogP contribution < -0.4 is 10.1 Å². The second kappa shape index (κ2) is 7.24. The zero-order chi connectivity index (χ0) is 18.8. The molecule has 0 unspecified atom stereocenters. The van der Waals surface area contributed by atoms with Gasteiger partial charge in [-0.15, -0.1) is 0 Å². The zero-order valence-electron chi connectivity index (χ0n) is 15.4. The van der Waals surface area contributed by atoms with Gasteiger partial charge in [0.1, 0.15) is 23.5 Å². The predicted octanol–water partition coefficient (Wildman–Crippen LogP) is 1.98. The first-order valence-corrected chi connectivity index (χ1v) is 8.83. The largest absolute Gasteiger partial charge is 0.484 e. The molecular weight excluding hydrogens is 344 g/mol. The van der Waals surface area contributed by atoms with Crippen LogP contribution in [0.3, 0.4) is 0 Å². The molecule has 2 bridgehead atoms. The van der Waals surface area contributed by atoms with Crippen LogP contribution in [0.5, 0.6) is 5.75 Å². The average Bonchev–Trinajstić information content (AvgIpc) is 3.07. The van der Waals surface area contributed by atoms with Crippen molar-refractivity contribution in [1.29, 1.82) is 0 Å². The molecule has 1 aliphatic heterocycles. The van der Waals surface area contributed by atoms with Crippen molar-refractivity contribution in [1.82, 2.24) is 24.8 Å². The third-order valence-corrected chi connectivity index (χ3v) is 4.69. The van der Waals surface area contributed by atoms with Gasteiger partial charge in [0.05, 0.1) is 5.39 Å². The molecule has 2 aromatic heterocycles. The number of carbonyl (C=O) groups is 1. The fourth-order valence-electron chi connectivity index (χ4n) is 3.12. The van der Waals surface area contributed by atoms with Gasteiger partial charge in [0.25, 0.3) is 5.91 Å². The van der Waals surface area contributed by atoms with Gasteiger partial charge < -0.3 is 24.8 Å². The van der Waals surface area contributed by atoms with Crippen LogP contribution in [0, 0.1) is 0 Å². The van der Waals surface area contributed by atoms with Crippen molar-refractivity contribution in [3.05, 3.63) is 42.4 Å². The van der Waals surface area contributed by atoms with Crippen LogP contribution in [0.1, 0.15) is 5.56 Å². The highest BCUT2D eigenvalue weighted by molar-refractivity contribution is 5.92. The molecule has 0 aliphatic carbocycles. The van der Waals surface area contributed by atoms with E-state index in [-0.39, 0.29) is 12.5 Å². The highest BCUT2D eigenvalue weighted by Gasteiger charge is 2.16. The third kappa shape index (κ3) is 3.70. The molecule has 2 N–H and O–H groups in total. The van der Waals surface area contributed by atoms with Gasteiger partial charge in [0, 0.05) is 44.6 Å². The monoisotopic (exact) mass is 366 g/mol. The van der Waals surface area contributed by atoms with Crippen molar-refractivity contribution >= 4 is 28.4 Å². The molecule has 0 radical (unpaired) electrons. The van der Waals surface area contributed by atoms with E-state index in [1.54, 1.807) is 11.9 Å². The SMILES string of the molecule is CN1CCN(C)C(=O)COc2cccc(c2)Nc2ncnc3[nH]cc(c23)C1. The molecule has 1 aromatic carbocycles. The Bertz CT molecular complexity index is 970. The summed E-state index contributed by atoms with van der Waals surface area (Å²) >= 11 is 0. The van der Waals surface area contributed by atoms with E-state index in [2.05, 4.69) is 25.2 Å². The first-order chi connectivity index (χ1) is 13.1. The summed E-state index contributed by atoms with van der Waals surface area (Å²) < 4.78 is 5.68. The number of rotatable bonds is 0. The van der Waals surface area contributed by atoms with Crippen LogP contribution in [0.2, 0.25) is 0 Å². The lowest BCUT2D eigenvalue weighted by Gasteiger charge is -2.22. The van der Waals surface area contributed by atoms with Gasteiger partial charge in [-0.05, 0) is 24.7 Å². The zero-order valence-corrected chi connectivity index (χ0v) is 15.4. The molecule has 0 fully saturated rings. The lowest BCUT2D eigenvalue weighted by atomic mass is 10.2. The number of amides is 1. The Morgan fingerprint density at radius 1 is 1.19 bits per heavy atom. The maximum atomic E-state index is 12.3. The van der Waals surface area contributed by atoms with Crippen molar-refractivity contribution in [2.75, 3.05) is 39.1 Å². The Hall–Kier alpha value is -3.13. The number of carbonyl (C=O) groups excluding carboxylic acids is 1. The van der Waals surface area contributed by atoms with Gasteiger partial charge in [-0.2, -0.15) is 0 Å². The summed E-state index contributed by atoms with van der Waals surface area (Å²) in [6.45, 7) is 2.12. The number of H-pyrrole nitrogens is 1. The third-order valence-electron chi connectivity index (χ3n) is 4.69. The average molecular weight is 366 g/mol. The fourth-order valence-corrected chi connectivity index (χ4v) is 3.12. The van der Waals surface area contributed by atoms with Crippen molar-refractivity contribution in [2.45, 2.75) is 6.54 Å². The maximum Gasteiger partial charge on any atom is 0.260 e. The predicted molar refractivity (Wildman–Crippen MR) is 103 cm³/mol. The number of hydrogen-bond acceptors (Lipinski definition) is 6. The van der Waals surface area contributed by atoms with Gasteiger partial charge in [0.2, 0.25) is 0 Å². The lowest BCUT2D eigenvalue weighted by molar-refractivity contribution is -0.132. The van der Waals surface area contributed by atoms with Crippen LogP contribution in [-0.4, -0.2) is 64.5 Å². The Labute approximate surface area is 157 Å². The summed E-state index contributed by atoms with van der Waals surface area (Å²) in [6, 6.07) is 7.51. The maximum absolute atomic E-state index is 12.3. The molecule has 3 heterocycles. The van der Waals surface area contributed by atoms with Crippen molar-refractivity contribution in [3.8, 4) is 5.75 Å². The molecule has 0 spiro atoms. The summed E-state index contributed by atoms with van der Waals surface area (Å²) in [5, 5.41) is 4.32. The van der Waals surface area contributed by atoms with Gasteiger partial charge in [0.15, 0.2) is 6.61 Å². The summed E-state index contributed by atoms with van der Waals surface area (Å²) in [5.41, 5.74) is 2.73. The van der Waals surface area contributed by atoms with Crippen LogP contribution >= 0.6 is 0 Å². The van der Waals surface area contributed by atoms with Crippen LogP contribution in [-0.2, 0) is 11.3 Å². The number of aromatic amines is 1. The van der Waals surface area contributed by atoms with Gasteiger partial charge in [-0.3, -0.25) is 4.79 Å². The van der Waals surface area contributed by atoms with Crippen LogP contribution in [0.15, 0.2) is 36.8 Å². The van der Waals surface area contributed by atoms with Crippen LogP contribution in [0.4, 0.5) is 11.5 Å². The van der Waals surface area contributed by atoms with Crippen molar-refractivity contribution in [2.24, 2.45) is 0 Å². The molecule has 4 rings (SSSR count). The number of aromatic nitrogens is 3. The van der Waals surface area contributed by atoms with E-state index >= 15 is 0 Å². The summed E-state index contributed by atoms with van der Waals surface area (Å²) in [6.07, 6.45) is 3.50. The highest BCUT2D eigenvalue weighted by atomic mass is 16.5. The number of likely N-dealkylation sites (N-methyl/N-ethyl adjacent to an activating group) is 2. The molecule has 0 saturated heterocycles. The summed E-state index contributed by atoms with van der Waals surface area (Å²) in [4.78, 5) is 28.1. The second-order valence-electron chi connectivity index (χ2n) is 6.75. The number of hydrogen-bond donors (Lipinski definition) is 2. The molecule has 1 amide bonds. The molecule has 0 atom stereocenters.